The molecule has 0 spiro atoms. The molecule has 1 N–H and O–H groups in total. The van der Waals surface area contributed by atoms with E-state index in [2.05, 4.69) is 16.1 Å². The van der Waals surface area contributed by atoms with Crippen LogP contribution < -0.4 is 4.90 Å². The number of aromatic nitrogens is 2. The maximum Gasteiger partial charge on any atom is 0.145 e. The summed E-state index contributed by atoms with van der Waals surface area (Å²) in [6.07, 6.45) is 4.31. The molecule has 1 aromatic rings. The fourth-order valence-electron chi connectivity index (χ4n) is 2.51. The highest BCUT2D eigenvalue weighted by Gasteiger charge is 2.29. The topological polar surface area (TPSA) is 65.1 Å². The van der Waals surface area contributed by atoms with E-state index in [1.807, 2.05) is 14.0 Å². The highest BCUT2D eigenvalue weighted by molar-refractivity contribution is 5.57. The minimum atomic E-state index is 0.182. The van der Waals surface area contributed by atoms with Crippen LogP contribution in [0, 0.1) is 18.3 Å². The van der Waals surface area contributed by atoms with Crippen LogP contribution in [-0.2, 0) is 7.05 Å². The molecule has 1 aliphatic carbocycles. The van der Waals surface area contributed by atoms with E-state index in [9.17, 15) is 5.26 Å². The smallest absolute Gasteiger partial charge is 0.145 e. The third-order valence-corrected chi connectivity index (χ3v) is 3.65. The van der Waals surface area contributed by atoms with Crippen LogP contribution in [0.3, 0.4) is 0 Å². The second-order valence-corrected chi connectivity index (χ2v) is 4.87. The molecule has 5 nitrogen and oxygen atoms in total. The molecule has 0 radical (unpaired) electrons. The Kier molecular flexibility index (Phi) is 3.87. The van der Waals surface area contributed by atoms with Crippen molar-refractivity contribution < 1.29 is 5.11 Å². The Balaban J connectivity index is 2.32. The van der Waals surface area contributed by atoms with Crippen LogP contribution in [0.2, 0.25) is 0 Å². The van der Waals surface area contributed by atoms with Crippen molar-refractivity contribution in [2.24, 2.45) is 7.05 Å². The van der Waals surface area contributed by atoms with E-state index in [4.69, 9.17) is 5.11 Å². The van der Waals surface area contributed by atoms with Crippen molar-refractivity contribution in [1.29, 1.82) is 5.26 Å². The molecule has 0 amide bonds. The molecule has 0 bridgehead atoms. The molecule has 0 atom stereocenters. The van der Waals surface area contributed by atoms with E-state index in [1.54, 1.807) is 4.68 Å². The molecule has 1 heterocycles. The lowest BCUT2D eigenvalue weighted by atomic mass is 9.91. The number of rotatable bonds is 5. The van der Waals surface area contributed by atoms with Gasteiger partial charge in [0.05, 0.1) is 5.69 Å². The number of anilines is 1. The number of aliphatic hydroxyl groups is 1. The van der Waals surface area contributed by atoms with Crippen LogP contribution in [0.25, 0.3) is 0 Å². The van der Waals surface area contributed by atoms with Gasteiger partial charge in [0.1, 0.15) is 17.5 Å². The van der Waals surface area contributed by atoms with Crippen LogP contribution in [0.1, 0.15) is 36.9 Å². The predicted molar refractivity (Wildman–Crippen MR) is 69.3 cm³/mol. The molecule has 0 aliphatic heterocycles. The summed E-state index contributed by atoms with van der Waals surface area (Å²) >= 11 is 0. The van der Waals surface area contributed by atoms with Gasteiger partial charge in [-0.1, -0.05) is 0 Å². The van der Waals surface area contributed by atoms with Gasteiger partial charge in [0, 0.05) is 26.2 Å². The third-order valence-electron chi connectivity index (χ3n) is 3.65. The zero-order valence-corrected chi connectivity index (χ0v) is 11.1. The van der Waals surface area contributed by atoms with Gasteiger partial charge in [-0.15, -0.1) is 0 Å². The molecule has 1 saturated carbocycles. The monoisotopic (exact) mass is 248 g/mol. The van der Waals surface area contributed by atoms with Crippen molar-refractivity contribution >= 4 is 5.82 Å². The SMILES string of the molecule is Cc1nn(C)c(N(CCCO)C2CCC2)c1C#N. The van der Waals surface area contributed by atoms with Crippen molar-refractivity contribution in [2.75, 3.05) is 18.1 Å². The number of hydrogen-bond donors (Lipinski definition) is 1. The van der Waals surface area contributed by atoms with Crippen molar-refractivity contribution in [3.8, 4) is 6.07 Å². The molecule has 1 aromatic heterocycles. The van der Waals surface area contributed by atoms with Crippen LogP contribution in [-0.4, -0.2) is 34.1 Å². The standard InChI is InChI=1S/C13H20N4O/c1-10-12(9-14)13(16(2)15-10)17(7-4-8-18)11-5-3-6-11/h11,18H,3-8H2,1-2H3. The normalized spacial score (nSPS) is 15.2. The maximum atomic E-state index is 9.28. The first-order chi connectivity index (χ1) is 8.69. The van der Waals surface area contributed by atoms with Gasteiger partial charge in [0.2, 0.25) is 0 Å². The molecule has 98 valence electrons. The van der Waals surface area contributed by atoms with Gasteiger partial charge in [-0.2, -0.15) is 10.4 Å². The highest BCUT2D eigenvalue weighted by atomic mass is 16.3. The Morgan fingerprint density at radius 3 is 2.78 bits per heavy atom. The van der Waals surface area contributed by atoms with Gasteiger partial charge in [-0.05, 0) is 32.6 Å². The van der Waals surface area contributed by atoms with Crippen molar-refractivity contribution in [1.82, 2.24) is 9.78 Å². The molecular formula is C13H20N4O. The largest absolute Gasteiger partial charge is 0.396 e. The van der Waals surface area contributed by atoms with Gasteiger partial charge < -0.3 is 10.0 Å². The first-order valence-corrected chi connectivity index (χ1v) is 6.50. The summed E-state index contributed by atoms with van der Waals surface area (Å²) in [5, 5.41) is 22.6. The van der Waals surface area contributed by atoms with E-state index in [0.717, 1.165) is 24.5 Å². The Bertz CT molecular complexity index is 456. The number of nitriles is 1. The molecular weight excluding hydrogens is 228 g/mol. The van der Waals surface area contributed by atoms with Crippen LogP contribution in [0.4, 0.5) is 5.82 Å². The summed E-state index contributed by atoms with van der Waals surface area (Å²) in [6, 6.07) is 2.76. The molecule has 0 saturated heterocycles. The Hall–Kier alpha value is -1.54. The van der Waals surface area contributed by atoms with Crippen molar-refractivity contribution in [3.05, 3.63) is 11.3 Å². The van der Waals surface area contributed by atoms with E-state index in [0.29, 0.717) is 11.6 Å². The lowest BCUT2D eigenvalue weighted by molar-refractivity contribution is 0.282. The minimum absolute atomic E-state index is 0.182. The average Bonchev–Trinajstić information content (AvgIpc) is 2.56. The zero-order valence-electron chi connectivity index (χ0n) is 11.1. The fraction of sp³-hybridized carbons (Fsp3) is 0.692. The highest BCUT2D eigenvalue weighted by Crippen LogP contribution is 2.32. The zero-order chi connectivity index (χ0) is 13.1. The second-order valence-electron chi connectivity index (χ2n) is 4.87. The van der Waals surface area contributed by atoms with Gasteiger partial charge in [0.15, 0.2) is 0 Å². The molecule has 5 heteroatoms. The second kappa shape index (κ2) is 5.40. The van der Waals surface area contributed by atoms with E-state index >= 15 is 0 Å². The van der Waals surface area contributed by atoms with Crippen molar-refractivity contribution in [2.45, 2.75) is 38.6 Å². The van der Waals surface area contributed by atoms with E-state index in [-0.39, 0.29) is 6.61 Å². The Labute approximate surface area is 108 Å². The van der Waals surface area contributed by atoms with Crippen LogP contribution in [0.15, 0.2) is 0 Å². The number of nitrogens with zero attached hydrogens (tertiary/aromatic N) is 4. The maximum absolute atomic E-state index is 9.28. The van der Waals surface area contributed by atoms with Gasteiger partial charge in [-0.25, -0.2) is 0 Å². The molecule has 0 aromatic carbocycles. The lowest BCUT2D eigenvalue weighted by Crippen LogP contribution is -2.42. The number of hydrogen-bond acceptors (Lipinski definition) is 4. The quantitative estimate of drug-likeness (QED) is 0.854. The molecule has 0 unspecified atom stereocenters. The van der Waals surface area contributed by atoms with Gasteiger partial charge >= 0.3 is 0 Å². The minimum Gasteiger partial charge on any atom is -0.396 e. The van der Waals surface area contributed by atoms with Crippen LogP contribution in [0.5, 0.6) is 0 Å². The first-order valence-electron chi connectivity index (χ1n) is 6.50. The van der Waals surface area contributed by atoms with Gasteiger partial charge in [-0.3, -0.25) is 4.68 Å². The van der Waals surface area contributed by atoms with E-state index in [1.165, 1.54) is 19.3 Å². The Morgan fingerprint density at radius 1 is 1.56 bits per heavy atom. The molecule has 18 heavy (non-hydrogen) atoms. The summed E-state index contributed by atoms with van der Waals surface area (Å²) in [6.45, 7) is 2.84. The summed E-state index contributed by atoms with van der Waals surface area (Å²) in [7, 11) is 1.88. The molecule has 1 fully saturated rings. The molecule has 2 rings (SSSR count). The predicted octanol–water partition coefficient (Wildman–Crippen LogP) is 1.34. The lowest BCUT2D eigenvalue weighted by Gasteiger charge is -2.39. The number of aliphatic hydroxyl groups excluding tert-OH is 1. The van der Waals surface area contributed by atoms with Crippen molar-refractivity contribution in [3.63, 3.8) is 0 Å². The fourth-order valence-corrected chi connectivity index (χ4v) is 2.51. The summed E-state index contributed by atoms with van der Waals surface area (Å²) in [4.78, 5) is 2.25. The first kappa shape index (κ1) is 12.9. The summed E-state index contributed by atoms with van der Waals surface area (Å²) in [5.74, 6) is 0.910. The average molecular weight is 248 g/mol. The molecule has 1 aliphatic rings. The number of aryl methyl sites for hydroxylation is 2. The van der Waals surface area contributed by atoms with Gasteiger partial charge in [0.25, 0.3) is 0 Å². The van der Waals surface area contributed by atoms with Crippen LogP contribution >= 0.6 is 0 Å². The third kappa shape index (κ3) is 2.21. The summed E-state index contributed by atoms with van der Waals surface area (Å²) < 4.78 is 1.80. The Morgan fingerprint density at radius 2 is 2.28 bits per heavy atom. The summed E-state index contributed by atoms with van der Waals surface area (Å²) in [5.41, 5.74) is 1.45. The van der Waals surface area contributed by atoms with E-state index < -0.39 is 0 Å².